The van der Waals surface area contributed by atoms with Gasteiger partial charge in [-0.2, -0.15) is 0 Å². The number of hydrogen-bond acceptors (Lipinski definition) is 7. The van der Waals surface area contributed by atoms with Gasteiger partial charge in [0, 0.05) is 29.4 Å². The minimum Gasteiger partial charge on any atom is -0.507 e. The number of epoxide rings is 1. The number of rotatable bonds is 3. The number of aliphatic hydroxyl groups is 1. The van der Waals surface area contributed by atoms with Gasteiger partial charge in [-0.25, -0.2) is 0 Å². The highest BCUT2D eigenvalue weighted by Gasteiger charge is 2.79. The van der Waals surface area contributed by atoms with E-state index in [0.717, 1.165) is 0 Å². The molecule has 1 saturated heterocycles. The SMILES string of the molecule is CNc1ccc2c(c1)C(=O)c1c(O)cc3c(c1C2=O)N[C@H]1C#C/C=C\C#C[C@@H](O)[C@@]32O[C@@]12CC(C)C. The van der Waals surface area contributed by atoms with Crippen LogP contribution in [-0.4, -0.2) is 46.6 Å². The van der Waals surface area contributed by atoms with E-state index in [9.17, 15) is 19.8 Å². The average Bonchev–Trinajstić information content (AvgIpc) is 3.54. The summed E-state index contributed by atoms with van der Waals surface area (Å²) in [7, 11) is 1.72. The van der Waals surface area contributed by atoms with Gasteiger partial charge in [-0.1, -0.05) is 37.5 Å². The second-order valence-corrected chi connectivity index (χ2v) is 9.95. The average molecular weight is 481 g/mol. The first-order valence-corrected chi connectivity index (χ1v) is 11.9. The Hall–Kier alpha value is -4.04. The van der Waals surface area contributed by atoms with E-state index in [0.29, 0.717) is 23.4 Å². The number of carbonyl (C=O) groups excluding carboxylic acids is 2. The Labute approximate surface area is 208 Å². The van der Waals surface area contributed by atoms with Crippen molar-refractivity contribution in [3.8, 4) is 29.4 Å². The molecule has 0 unspecified atom stereocenters. The van der Waals surface area contributed by atoms with Crippen molar-refractivity contribution < 1.29 is 24.5 Å². The molecule has 2 aliphatic heterocycles. The Balaban J connectivity index is 1.64. The van der Waals surface area contributed by atoms with Crippen LogP contribution in [0, 0.1) is 29.6 Å². The molecular weight excluding hydrogens is 456 g/mol. The second kappa shape index (κ2) is 7.48. The molecule has 7 nitrogen and oxygen atoms in total. The number of carbonyl (C=O) groups is 2. The van der Waals surface area contributed by atoms with Gasteiger partial charge in [0.25, 0.3) is 0 Å². The van der Waals surface area contributed by atoms with Gasteiger partial charge in [0.15, 0.2) is 23.3 Å². The lowest BCUT2D eigenvalue weighted by Gasteiger charge is -2.37. The van der Waals surface area contributed by atoms with Crippen LogP contribution in [0.25, 0.3) is 0 Å². The lowest BCUT2D eigenvalue weighted by molar-refractivity contribution is 0.0975. The van der Waals surface area contributed by atoms with Gasteiger partial charge in [0.1, 0.15) is 17.4 Å². The lowest BCUT2D eigenvalue weighted by atomic mass is 9.69. The Morgan fingerprint density at radius 1 is 1.08 bits per heavy atom. The van der Waals surface area contributed by atoms with E-state index in [1.807, 2.05) is 13.8 Å². The Kier molecular flexibility index (Phi) is 4.66. The van der Waals surface area contributed by atoms with E-state index < -0.39 is 34.9 Å². The van der Waals surface area contributed by atoms with E-state index in [2.05, 4.69) is 34.3 Å². The van der Waals surface area contributed by atoms with E-state index >= 15 is 0 Å². The number of nitrogens with one attached hydrogen (secondary N) is 2. The molecule has 180 valence electrons. The van der Waals surface area contributed by atoms with Gasteiger partial charge < -0.3 is 25.6 Å². The minimum absolute atomic E-state index is 0.0623. The molecule has 0 amide bonds. The van der Waals surface area contributed by atoms with Gasteiger partial charge in [-0.15, -0.1) is 0 Å². The number of phenols is 1. The van der Waals surface area contributed by atoms with Gasteiger partial charge in [-0.3, -0.25) is 9.59 Å². The number of ketones is 2. The molecule has 2 aromatic rings. The molecule has 36 heavy (non-hydrogen) atoms. The zero-order valence-electron chi connectivity index (χ0n) is 20.0. The Bertz CT molecular complexity index is 1530. The summed E-state index contributed by atoms with van der Waals surface area (Å²) < 4.78 is 6.44. The fourth-order valence-electron chi connectivity index (χ4n) is 5.95. The molecule has 2 aromatic carbocycles. The predicted octanol–water partition coefficient (Wildman–Crippen LogP) is 2.95. The van der Waals surface area contributed by atoms with Crippen LogP contribution in [0.4, 0.5) is 11.4 Å². The van der Waals surface area contributed by atoms with E-state index in [4.69, 9.17) is 4.74 Å². The van der Waals surface area contributed by atoms with Crippen molar-refractivity contribution in [2.75, 3.05) is 17.7 Å². The largest absolute Gasteiger partial charge is 0.507 e. The highest BCUT2D eigenvalue weighted by atomic mass is 16.6. The van der Waals surface area contributed by atoms with Crippen LogP contribution in [-0.2, 0) is 10.3 Å². The molecule has 6 rings (SSSR count). The summed E-state index contributed by atoms with van der Waals surface area (Å²) in [5, 5.41) is 28.8. The fraction of sp³-hybridized carbons (Fsp3) is 0.310. The highest BCUT2D eigenvalue weighted by Crippen LogP contribution is 2.67. The lowest BCUT2D eigenvalue weighted by Crippen LogP contribution is -2.50. The third-order valence-electron chi connectivity index (χ3n) is 7.44. The molecule has 7 heteroatoms. The normalized spacial score (nSPS) is 29.1. The van der Waals surface area contributed by atoms with E-state index in [1.165, 1.54) is 6.07 Å². The topological polar surface area (TPSA) is 111 Å². The molecule has 1 fully saturated rings. The van der Waals surface area contributed by atoms with E-state index in [1.54, 1.807) is 37.4 Å². The van der Waals surface area contributed by atoms with Crippen LogP contribution in [0.1, 0.15) is 57.7 Å². The monoisotopic (exact) mass is 480 g/mol. The maximum atomic E-state index is 13.8. The molecule has 0 aromatic heterocycles. The van der Waals surface area contributed by atoms with Crippen molar-refractivity contribution in [2.45, 2.75) is 43.6 Å². The number of benzene rings is 2. The molecule has 4 atom stereocenters. The van der Waals surface area contributed by atoms with Crippen LogP contribution in [0.2, 0.25) is 0 Å². The zero-order chi connectivity index (χ0) is 25.4. The van der Waals surface area contributed by atoms with Crippen molar-refractivity contribution in [3.63, 3.8) is 0 Å². The van der Waals surface area contributed by atoms with Crippen LogP contribution in [0.5, 0.6) is 5.75 Å². The number of phenolic OH excluding ortho intramolecular Hbond substituents is 1. The second-order valence-electron chi connectivity index (χ2n) is 9.95. The summed E-state index contributed by atoms with van der Waals surface area (Å²) >= 11 is 0. The highest BCUT2D eigenvalue weighted by molar-refractivity contribution is 6.31. The fourth-order valence-corrected chi connectivity index (χ4v) is 5.95. The number of ether oxygens (including phenoxy) is 1. The van der Waals surface area contributed by atoms with Gasteiger partial charge in [-0.05, 0) is 48.8 Å². The van der Waals surface area contributed by atoms with Gasteiger partial charge in [0.05, 0.1) is 16.8 Å². The molecule has 4 N–H and O–H groups in total. The number of anilines is 2. The summed E-state index contributed by atoms with van der Waals surface area (Å²) in [5.41, 5.74) is -0.366. The van der Waals surface area contributed by atoms with Crippen LogP contribution in [0.15, 0.2) is 36.4 Å². The molecule has 0 spiro atoms. The number of hydrogen-bond donors (Lipinski definition) is 4. The number of allylic oxidation sites excluding steroid dienone is 2. The molecule has 0 radical (unpaired) electrons. The first-order valence-electron chi connectivity index (χ1n) is 11.9. The van der Waals surface area contributed by atoms with Crippen molar-refractivity contribution in [2.24, 2.45) is 5.92 Å². The first kappa shape index (κ1) is 22.4. The van der Waals surface area contributed by atoms with Crippen LogP contribution >= 0.6 is 0 Å². The van der Waals surface area contributed by atoms with E-state index in [-0.39, 0.29) is 33.9 Å². The number of fused-ring (bicyclic) bond motifs is 4. The van der Waals surface area contributed by atoms with Crippen LogP contribution < -0.4 is 10.6 Å². The number of aromatic hydroxyl groups is 1. The maximum absolute atomic E-state index is 13.8. The zero-order valence-corrected chi connectivity index (χ0v) is 20.0. The third kappa shape index (κ3) is 2.73. The van der Waals surface area contributed by atoms with Crippen molar-refractivity contribution in [3.05, 3.63) is 64.2 Å². The third-order valence-corrected chi connectivity index (χ3v) is 7.44. The molecule has 2 aliphatic carbocycles. The molecule has 4 aliphatic rings. The Morgan fingerprint density at radius 3 is 2.53 bits per heavy atom. The predicted molar refractivity (Wildman–Crippen MR) is 134 cm³/mol. The van der Waals surface area contributed by atoms with Gasteiger partial charge in [0.2, 0.25) is 0 Å². The minimum atomic E-state index is -1.32. The summed E-state index contributed by atoms with van der Waals surface area (Å²) in [5.74, 6) is 10.8. The first-order chi connectivity index (χ1) is 17.2. The molecule has 0 saturated carbocycles. The summed E-state index contributed by atoms with van der Waals surface area (Å²) in [6, 6.07) is 5.78. The molecule has 2 bridgehead atoms. The molecular formula is C29H24N2O5. The molecule has 2 heterocycles. The summed E-state index contributed by atoms with van der Waals surface area (Å²) in [6.45, 7) is 4.10. The van der Waals surface area contributed by atoms with Crippen LogP contribution in [0.3, 0.4) is 0 Å². The summed E-state index contributed by atoms with van der Waals surface area (Å²) in [6.07, 6.45) is 2.47. The Morgan fingerprint density at radius 2 is 1.81 bits per heavy atom. The van der Waals surface area contributed by atoms with Gasteiger partial charge >= 0.3 is 0 Å². The summed E-state index contributed by atoms with van der Waals surface area (Å²) in [4.78, 5) is 27.4. The smallest absolute Gasteiger partial charge is 0.198 e. The van der Waals surface area contributed by atoms with Crippen molar-refractivity contribution in [1.82, 2.24) is 0 Å². The van der Waals surface area contributed by atoms with Crippen molar-refractivity contribution in [1.29, 1.82) is 0 Å². The number of aliphatic hydroxyl groups excluding tert-OH is 1. The quantitative estimate of drug-likeness (QED) is 0.259. The standard InChI is InChI=1S/C29H24N2O5/c1-15(2)14-28-21-8-6-4-5-7-9-22(33)29(28,36-28)19-13-20(32)23-24(25(19)31-21)26(34)17-11-10-16(30-3)12-18(17)27(23)35/h4-5,10-13,15,21-22,30-33H,14H2,1-3H3/b5-4-/t21-,22+,28-,29-/m0/s1. The van der Waals surface area contributed by atoms with Crippen molar-refractivity contribution >= 4 is 22.9 Å². The maximum Gasteiger partial charge on any atom is 0.198 e.